The molecule has 0 spiro atoms. The van der Waals surface area contributed by atoms with E-state index in [1.165, 1.54) is 11.6 Å². The van der Waals surface area contributed by atoms with Crippen molar-refractivity contribution in [2.24, 2.45) is 0 Å². The maximum absolute atomic E-state index is 11.7. The molecule has 0 aliphatic rings. The number of benzene rings is 2. The summed E-state index contributed by atoms with van der Waals surface area (Å²) in [4.78, 5) is 12.0. The lowest BCUT2D eigenvalue weighted by molar-refractivity contribution is -0.116. The first kappa shape index (κ1) is 18.6. The van der Waals surface area contributed by atoms with Crippen molar-refractivity contribution in [1.29, 1.82) is 0 Å². The van der Waals surface area contributed by atoms with E-state index in [2.05, 4.69) is 5.32 Å². The van der Waals surface area contributed by atoms with Gasteiger partial charge in [-0.05, 0) is 42.8 Å². The second-order valence-electron chi connectivity index (χ2n) is 5.35. The van der Waals surface area contributed by atoms with Crippen LogP contribution in [0.2, 0.25) is 0 Å². The lowest BCUT2D eigenvalue weighted by atomic mass is 10.1. The molecule has 25 heavy (non-hydrogen) atoms. The molecule has 0 aliphatic heterocycles. The fourth-order valence-corrected chi connectivity index (χ4v) is 2.15. The topological polar surface area (TPSA) is 70.6 Å². The van der Waals surface area contributed by atoms with Crippen molar-refractivity contribution >= 4 is 29.2 Å². The molecule has 0 aliphatic carbocycles. The summed E-state index contributed by atoms with van der Waals surface area (Å²) < 4.78 is 5.54. The molecule has 6 heteroatoms. The van der Waals surface area contributed by atoms with Gasteiger partial charge in [-0.1, -0.05) is 42.0 Å². The van der Waals surface area contributed by atoms with Crippen LogP contribution in [0.1, 0.15) is 16.7 Å². The summed E-state index contributed by atoms with van der Waals surface area (Å²) in [7, 11) is 0. The summed E-state index contributed by atoms with van der Waals surface area (Å²) in [5, 5.41) is 11.5. The van der Waals surface area contributed by atoms with Crippen LogP contribution in [0.4, 0.5) is 0 Å². The number of thiocarbonyl (C=S) groups is 1. The second-order valence-corrected chi connectivity index (χ2v) is 5.76. The monoisotopic (exact) mass is 356 g/mol. The van der Waals surface area contributed by atoms with Gasteiger partial charge in [0.2, 0.25) is 5.91 Å². The predicted octanol–water partition coefficient (Wildman–Crippen LogP) is 2.86. The van der Waals surface area contributed by atoms with Crippen LogP contribution in [-0.2, 0) is 4.79 Å². The Morgan fingerprint density at radius 3 is 2.48 bits per heavy atom. The van der Waals surface area contributed by atoms with E-state index in [1.807, 2.05) is 36.7 Å². The van der Waals surface area contributed by atoms with Gasteiger partial charge in [0.1, 0.15) is 17.3 Å². The zero-order valence-corrected chi connectivity index (χ0v) is 14.7. The van der Waals surface area contributed by atoms with Crippen LogP contribution in [0, 0.1) is 6.92 Å². The summed E-state index contributed by atoms with van der Waals surface area (Å²) in [6.07, 6.45) is 3.27. The van der Waals surface area contributed by atoms with Crippen LogP contribution in [0.15, 0.2) is 54.6 Å². The number of hydrogen-bond donors (Lipinski definition) is 3. The largest absolute Gasteiger partial charge is 0.492 e. The van der Waals surface area contributed by atoms with Crippen LogP contribution in [0.5, 0.6) is 5.75 Å². The average molecular weight is 356 g/mol. The molecule has 2 rings (SSSR count). The van der Waals surface area contributed by atoms with Crippen LogP contribution in [-0.4, -0.2) is 29.3 Å². The summed E-state index contributed by atoms with van der Waals surface area (Å²) in [6, 6.07) is 14.9. The van der Waals surface area contributed by atoms with Crippen molar-refractivity contribution in [3.05, 3.63) is 71.3 Å². The molecule has 0 heterocycles. The molecule has 5 nitrogen and oxygen atoms in total. The van der Waals surface area contributed by atoms with E-state index in [0.29, 0.717) is 24.5 Å². The maximum Gasteiger partial charge on any atom is 0.244 e. The molecule has 0 aromatic heterocycles. The first-order chi connectivity index (χ1) is 12.1. The van der Waals surface area contributed by atoms with Crippen LogP contribution in [0.3, 0.4) is 0 Å². The molecule has 0 saturated heterocycles. The van der Waals surface area contributed by atoms with E-state index in [4.69, 9.17) is 22.2 Å². The lowest BCUT2D eigenvalue weighted by Crippen LogP contribution is -2.26. The van der Waals surface area contributed by atoms with E-state index < -0.39 is 0 Å². The summed E-state index contributed by atoms with van der Waals surface area (Å²) >= 11 is 4.91. The van der Waals surface area contributed by atoms with Crippen molar-refractivity contribution < 1.29 is 14.7 Å². The van der Waals surface area contributed by atoms with Gasteiger partial charge in [-0.3, -0.25) is 15.5 Å². The maximum atomic E-state index is 11.7. The first-order valence-electron chi connectivity index (χ1n) is 7.78. The summed E-state index contributed by atoms with van der Waals surface area (Å²) in [6.45, 7) is 2.77. The fourth-order valence-electron chi connectivity index (χ4n) is 2.02. The Hall–Kier alpha value is -2.70. The molecule has 0 atom stereocenters. The number of carbonyl (C=O) groups excluding carboxylic acids is 1. The first-order valence-corrected chi connectivity index (χ1v) is 8.19. The number of carbonyl (C=O) groups is 1. The zero-order valence-electron chi connectivity index (χ0n) is 13.9. The Morgan fingerprint density at radius 1 is 1.16 bits per heavy atom. The summed E-state index contributed by atoms with van der Waals surface area (Å²) in [5.74, 6) is 0.493. The van der Waals surface area contributed by atoms with E-state index >= 15 is 0 Å². The van der Waals surface area contributed by atoms with Gasteiger partial charge in [0.25, 0.3) is 0 Å². The Morgan fingerprint density at radius 2 is 1.84 bits per heavy atom. The highest BCUT2D eigenvalue weighted by Crippen LogP contribution is 2.12. The number of rotatable bonds is 7. The lowest BCUT2D eigenvalue weighted by Gasteiger charge is -2.08. The zero-order chi connectivity index (χ0) is 18.1. The Bertz CT molecular complexity index is 740. The molecular formula is C19H20N2O3S. The van der Waals surface area contributed by atoms with Gasteiger partial charge in [0, 0.05) is 11.6 Å². The van der Waals surface area contributed by atoms with Crippen LogP contribution >= 0.6 is 12.2 Å². The third kappa shape index (κ3) is 6.37. The second kappa shape index (κ2) is 9.56. The minimum atomic E-state index is -0.168. The van der Waals surface area contributed by atoms with Gasteiger partial charge in [0.15, 0.2) is 0 Å². The molecule has 0 unspecified atom stereocenters. The molecule has 0 fully saturated rings. The fraction of sp³-hybridized carbons (Fsp3) is 0.158. The van der Waals surface area contributed by atoms with E-state index in [-0.39, 0.29) is 10.9 Å². The molecule has 0 bridgehead atoms. The quantitative estimate of drug-likeness (QED) is 0.308. The van der Waals surface area contributed by atoms with Crippen LogP contribution in [0.25, 0.3) is 6.08 Å². The number of nitrogens with one attached hydrogen (secondary N) is 2. The molecule has 0 radical (unpaired) electrons. The molecule has 130 valence electrons. The third-order valence-corrected chi connectivity index (χ3v) is 3.72. The molecule has 3 N–H and O–H groups in total. The van der Waals surface area contributed by atoms with Gasteiger partial charge >= 0.3 is 0 Å². The molecule has 2 aromatic rings. The molecule has 0 saturated carbocycles. The van der Waals surface area contributed by atoms with Gasteiger partial charge in [-0.15, -0.1) is 0 Å². The summed E-state index contributed by atoms with van der Waals surface area (Å²) in [5.41, 5.74) is 4.78. The SMILES string of the molecule is Cc1ccc(/C=C/C(=O)NCCOc2ccc(C(=S)NO)cc2)cc1. The Balaban J connectivity index is 1.70. The van der Waals surface area contributed by atoms with Gasteiger partial charge in [-0.2, -0.15) is 0 Å². The number of hydroxylamine groups is 1. The number of aryl methyl sites for hydroxylation is 1. The van der Waals surface area contributed by atoms with Gasteiger partial charge in [0.05, 0.1) is 6.54 Å². The average Bonchev–Trinajstić information content (AvgIpc) is 2.64. The Kier molecular flexibility index (Phi) is 7.13. The number of hydrogen-bond acceptors (Lipinski definition) is 4. The van der Waals surface area contributed by atoms with Crippen molar-refractivity contribution in [3.63, 3.8) is 0 Å². The minimum absolute atomic E-state index is 0.168. The van der Waals surface area contributed by atoms with E-state index in [0.717, 1.165) is 5.56 Å². The van der Waals surface area contributed by atoms with E-state index in [9.17, 15) is 4.79 Å². The van der Waals surface area contributed by atoms with Gasteiger partial charge < -0.3 is 10.1 Å². The third-order valence-electron chi connectivity index (χ3n) is 3.39. The predicted molar refractivity (Wildman–Crippen MR) is 102 cm³/mol. The molecule has 1 amide bonds. The standard InChI is InChI=1S/C19H20N2O3S/c1-14-2-4-15(5-3-14)6-11-18(22)20-12-13-24-17-9-7-16(8-10-17)19(25)21-23/h2-11,23H,12-13H2,1H3,(H,20,22)(H,21,25)/b11-6+. The normalized spacial score (nSPS) is 10.5. The highest BCUT2D eigenvalue weighted by Gasteiger charge is 2.00. The van der Waals surface area contributed by atoms with Crippen LogP contribution < -0.4 is 15.5 Å². The van der Waals surface area contributed by atoms with Crippen molar-refractivity contribution in [2.45, 2.75) is 6.92 Å². The van der Waals surface area contributed by atoms with E-state index in [1.54, 1.807) is 30.3 Å². The number of ether oxygens (including phenoxy) is 1. The highest BCUT2D eigenvalue weighted by molar-refractivity contribution is 7.80. The van der Waals surface area contributed by atoms with Crippen molar-refractivity contribution in [2.75, 3.05) is 13.2 Å². The van der Waals surface area contributed by atoms with Gasteiger partial charge in [-0.25, -0.2) is 0 Å². The highest BCUT2D eigenvalue weighted by atomic mass is 32.1. The molecule has 2 aromatic carbocycles. The van der Waals surface area contributed by atoms with Crippen molar-refractivity contribution in [1.82, 2.24) is 10.8 Å². The Labute approximate surface area is 152 Å². The smallest absolute Gasteiger partial charge is 0.244 e. The minimum Gasteiger partial charge on any atom is -0.492 e. The number of amides is 1. The molecular weight excluding hydrogens is 336 g/mol. The van der Waals surface area contributed by atoms with Crippen molar-refractivity contribution in [3.8, 4) is 5.75 Å².